The van der Waals surface area contributed by atoms with Gasteiger partial charge in [-0.05, 0) is 0 Å². The van der Waals surface area contributed by atoms with Crippen LogP contribution >= 0.6 is 11.6 Å². The van der Waals surface area contributed by atoms with Crippen LogP contribution in [0.25, 0.3) is 5.82 Å². The molecule has 0 spiro atoms. The Bertz CT molecular complexity index is 371. The van der Waals surface area contributed by atoms with Gasteiger partial charge in [0.15, 0.2) is 5.82 Å². The molecule has 0 fully saturated rings. The van der Waals surface area contributed by atoms with Gasteiger partial charge in [-0.2, -0.15) is 0 Å². The molecule has 12 heavy (non-hydrogen) atoms. The first kappa shape index (κ1) is 7.24. The van der Waals surface area contributed by atoms with Gasteiger partial charge in [0.05, 0.1) is 6.20 Å². The van der Waals surface area contributed by atoms with Gasteiger partial charge in [-0.1, -0.05) is 11.6 Å². The number of imidazole rings is 1. The van der Waals surface area contributed by atoms with Crippen molar-refractivity contribution in [3.05, 3.63) is 36.3 Å². The van der Waals surface area contributed by atoms with Gasteiger partial charge >= 0.3 is 0 Å². The van der Waals surface area contributed by atoms with E-state index in [9.17, 15) is 0 Å². The Hall–Kier alpha value is -1.42. The van der Waals surface area contributed by atoms with Crippen molar-refractivity contribution < 1.29 is 0 Å². The molecule has 0 aliphatic heterocycles. The Morgan fingerprint density at radius 2 is 2.25 bits per heavy atom. The average Bonchev–Trinajstić information content (AvgIpc) is 2.57. The van der Waals surface area contributed by atoms with Crippen LogP contribution in [0.3, 0.4) is 0 Å². The van der Waals surface area contributed by atoms with Crippen molar-refractivity contribution in [3.8, 4) is 5.82 Å². The summed E-state index contributed by atoms with van der Waals surface area (Å²) in [6.45, 7) is 0. The highest BCUT2D eigenvalue weighted by Crippen LogP contribution is 2.14. The highest BCUT2D eigenvalue weighted by molar-refractivity contribution is 6.32. The van der Waals surface area contributed by atoms with Crippen LogP contribution in [0.2, 0.25) is 5.02 Å². The molecule has 5 heteroatoms. The molecule has 0 bridgehead atoms. The first-order valence-electron chi connectivity index (χ1n) is 3.32. The van der Waals surface area contributed by atoms with Crippen molar-refractivity contribution >= 4 is 11.6 Å². The van der Waals surface area contributed by atoms with Crippen LogP contribution < -0.4 is 0 Å². The molecule has 0 amide bonds. The van der Waals surface area contributed by atoms with Gasteiger partial charge in [0, 0.05) is 12.4 Å². The highest BCUT2D eigenvalue weighted by atomic mass is 35.5. The second-order valence-corrected chi connectivity index (χ2v) is 2.57. The van der Waals surface area contributed by atoms with Crippen LogP contribution in [0.4, 0.5) is 0 Å². The van der Waals surface area contributed by atoms with Gasteiger partial charge < -0.3 is 0 Å². The Morgan fingerprint density at radius 1 is 1.33 bits per heavy atom. The number of nitrogens with zero attached hydrogens (tertiary/aromatic N) is 4. The van der Waals surface area contributed by atoms with Crippen molar-refractivity contribution in [1.29, 1.82) is 0 Å². The lowest BCUT2D eigenvalue weighted by molar-refractivity contribution is 0.971. The molecule has 60 valence electrons. The molecule has 0 saturated heterocycles. The number of hydrogen-bond donors (Lipinski definition) is 0. The lowest BCUT2D eigenvalue weighted by Gasteiger charge is -2.00. The summed E-state index contributed by atoms with van der Waals surface area (Å²) in [7, 11) is 0. The average molecular weight is 181 g/mol. The minimum absolute atomic E-state index is 0.510. The van der Waals surface area contributed by atoms with E-state index in [1.165, 1.54) is 6.33 Å². The molecular weight excluding hydrogens is 176 g/mol. The second-order valence-electron chi connectivity index (χ2n) is 2.16. The van der Waals surface area contributed by atoms with E-state index >= 15 is 0 Å². The summed E-state index contributed by atoms with van der Waals surface area (Å²) in [5.41, 5.74) is 0. The second kappa shape index (κ2) is 2.91. The van der Waals surface area contributed by atoms with Crippen LogP contribution in [0.15, 0.2) is 31.2 Å². The summed E-state index contributed by atoms with van der Waals surface area (Å²) in [5.74, 6) is 0.643. The van der Waals surface area contributed by atoms with Gasteiger partial charge in [-0.15, -0.1) is 0 Å². The molecule has 0 saturated carbocycles. The molecular formula is C7H5ClN4. The molecule has 0 aliphatic rings. The van der Waals surface area contributed by atoms with Gasteiger partial charge in [0.25, 0.3) is 0 Å². The molecule has 4 nitrogen and oxygen atoms in total. The maximum Gasteiger partial charge on any atom is 0.160 e. The zero-order chi connectivity index (χ0) is 8.39. The number of aromatic nitrogens is 4. The lowest BCUT2D eigenvalue weighted by atomic mass is 10.6. The van der Waals surface area contributed by atoms with E-state index in [-0.39, 0.29) is 0 Å². The van der Waals surface area contributed by atoms with E-state index in [0.29, 0.717) is 10.8 Å². The van der Waals surface area contributed by atoms with Gasteiger partial charge in [-0.25, -0.2) is 15.0 Å². The molecule has 2 heterocycles. The molecule has 0 N–H and O–H groups in total. The van der Waals surface area contributed by atoms with Crippen molar-refractivity contribution in [2.24, 2.45) is 0 Å². The Labute approximate surface area is 73.9 Å². The third-order valence-corrected chi connectivity index (χ3v) is 1.66. The summed E-state index contributed by atoms with van der Waals surface area (Å²) in [6.07, 6.45) is 8.06. The smallest absolute Gasteiger partial charge is 0.160 e. The van der Waals surface area contributed by atoms with Gasteiger partial charge in [0.2, 0.25) is 0 Å². The van der Waals surface area contributed by atoms with E-state index < -0.39 is 0 Å². The topological polar surface area (TPSA) is 43.6 Å². The zero-order valence-electron chi connectivity index (χ0n) is 6.05. The van der Waals surface area contributed by atoms with Gasteiger partial charge in [-0.3, -0.25) is 4.57 Å². The molecule has 0 aromatic carbocycles. The van der Waals surface area contributed by atoms with Crippen LogP contribution in [-0.4, -0.2) is 19.5 Å². The monoisotopic (exact) mass is 180 g/mol. The maximum absolute atomic E-state index is 5.84. The minimum Gasteiger partial charge on any atom is -0.289 e. The van der Waals surface area contributed by atoms with E-state index in [1.54, 1.807) is 29.5 Å². The summed E-state index contributed by atoms with van der Waals surface area (Å²) < 4.78 is 1.73. The van der Waals surface area contributed by atoms with Crippen molar-refractivity contribution in [2.75, 3.05) is 0 Å². The molecule has 2 aromatic heterocycles. The first-order valence-corrected chi connectivity index (χ1v) is 3.69. The SMILES string of the molecule is Clc1cncnc1-n1ccnc1. The molecule has 0 aliphatic carbocycles. The van der Waals surface area contributed by atoms with E-state index in [0.717, 1.165) is 0 Å². The normalized spacial score (nSPS) is 10.1. The van der Waals surface area contributed by atoms with Crippen LogP contribution in [-0.2, 0) is 0 Å². The summed E-state index contributed by atoms with van der Waals surface area (Å²) in [4.78, 5) is 11.7. The Kier molecular flexibility index (Phi) is 1.75. The zero-order valence-corrected chi connectivity index (χ0v) is 6.81. The van der Waals surface area contributed by atoms with Gasteiger partial charge in [0.1, 0.15) is 17.7 Å². The van der Waals surface area contributed by atoms with Crippen LogP contribution in [0.5, 0.6) is 0 Å². The molecule has 2 aromatic rings. The summed E-state index contributed by atoms with van der Waals surface area (Å²) in [5, 5.41) is 0.510. The van der Waals surface area contributed by atoms with Crippen molar-refractivity contribution in [3.63, 3.8) is 0 Å². The maximum atomic E-state index is 5.84. The first-order chi connectivity index (χ1) is 5.88. The number of hydrogen-bond acceptors (Lipinski definition) is 3. The van der Waals surface area contributed by atoms with E-state index in [2.05, 4.69) is 15.0 Å². The van der Waals surface area contributed by atoms with Crippen LogP contribution in [0, 0.1) is 0 Å². The Morgan fingerprint density at radius 3 is 2.92 bits per heavy atom. The van der Waals surface area contributed by atoms with Crippen molar-refractivity contribution in [2.45, 2.75) is 0 Å². The predicted octanol–water partition coefficient (Wildman–Crippen LogP) is 1.32. The fourth-order valence-electron chi connectivity index (χ4n) is 0.881. The lowest BCUT2D eigenvalue weighted by Crippen LogP contribution is -1.95. The number of halogens is 1. The largest absolute Gasteiger partial charge is 0.289 e. The molecule has 0 unspecified atom stereocenters. The number of rotatable bonds is 1. The Balaban J connectivity index is 2.55. The third kappa shape index (κ3) is 1.16. The fraction of sp³-hybridized carbons (Fsp3) is 0. The summed E-state index contributed by atoms with van der Waals surface area (Å²) >= 11 is 5.84. The van der Waals surface area contributed by atoms with Crippen molar-refractivity contribution in [1.82, 2.24) is 19.5 Å². The third-order valence-electron chi connectivity index (χ3n) is 1.40. The standard InChI is InChI=1S/C7H5ClN4/c8-6-3-10-4-11-7(6)12-2-1-9-5-12/h1-5H. The molecule has 2 rings (SSSR count). The van der Waals surface area contributed by atoms with E-state index in [1.807, 2.05) is 0 Å². The molecule has 0 atom stereocenters. The quantitative estimate of drug-likeness (QED) is 0.665. The molecule has 0 radical (unpaired) electrons. The summed E-state index contributed by atoms with van der Waals surface area (Å²) in [6, 6.07) is 0. The highest BCUT2D eigenvalue weighted by Gasteiger charge is 2.01. The predicted molar refractivity (Wildman–Crippen MR) is 44.2 cm³/mol. The van der Waals surface area contributed by atoms with E-state index in [4.69, 9.17) is 11.6 Å². The van der Waals surface area contributed by atoms with Crippen LogP contribution in [0.1, 0.15) is 0 Å². The minimum atomic E-state index is 0.510. The fourth-order valence-corrected chi connectivity index (χ4v) is 1.08.